The van der Waals surface area contributed by atoms with Crippen molar-refractivity contribution in [3.05, 3.63) is 65.2 Å². The molecule has 0 heterocycles. The third-order valence-corrected chi connectivity index (χ3v) is 2.97. The van der Waals surface area contributed by atoms with Gasteiger partial charge in [0.05, 0.1) is 7.11 Å². The lowest BCUT2D eigenvalue weighted by Crippen LogP contribution is -2.00. The second-order valence-corrected chi connectivity index (χ2v) is 4.55. The Balaban J connectivity index is 2.14. The van der Waals surface area contributed by atoms with Gasteiger partial charge >= 0.3 is 0 Å². The minimum Gasteiger partial charge on any atom is -0.501 e. The molecule has 0 unspecified atom stereocenters. The summed E-state index contributed by atoms with van der Waals surface area (Å²) < 4.78 is 5.30. The van der Waals surface area contributed by atoms with Crippen LogP contribution in [0.5, 0.6) is 0 Å². The van der Waals surface area contributed by atoms with Gasteiger partial charge in [-0.3, -0.25) is 4.99 Å². The quantitative estimate of drug-likeness (QED) is 0.654. The lowest BCUT2D eigenvalue weighted by molar-refractivity contribution is 0.282. The molecule has 0 aromatic heterocycles. The van der Waals surface area contributed by atoms with Crippen molar-refractivity contribution in [2.45, 2.75) is 12.8 Å². The van der Waals surface area contributed by atoms with Gasteiger partial charge in [-0.15, -0.1) is 0 Å². The van der Waals surface area contributed by atoms with E-state index in [-0.39, 0.29) is 0 Å². The summed E-state index contributed by atoms with van der Waals surface area (Å²) in [4.78, 5) is 4.51. The van der Waals surface area contributed by atoms with Crippen molar-refractivity contribution in [2.24, 2.45) is 10.7 Å². The van der Waals surface area contributed by atoms with Gasteiger partial charge in [-0.05, 0) is 30.2 Å². The van der Waals surface area contributed by atoms with Crippen LogP contribution < -0.4 is 11.5 Å². The summed E-state index contributed by atoms with van der Waals surface area (Å²) in [5.74, 6) is 0.805. The Kier molecular flexibility index (Phi) is 4.60. The first-order chi connectivity index (χ1) is 9.67. The van der Waals surface area contributed by atoms with Crippen LogP contribution in [-0.2, 0) is 4.74 Å². The number of anilines is 1. The summed E-state index contributed by atoms with van der Waals surface area (Å²) in [6, 6.07) is 7.59. The number of nitrogens with two attached hydrogens (primary N) is 2. The molecule has 0 saturated carbocycles. The Hall–Kier alpha value is -2.49. The van der Waals surface area contributed by atoms with Gasteiger partial charge in [-0.2, -0.15) is 0 Å². The van der Waals surface area contributed by atoms with E-state index in [9.17, 15) is 0 Å². The van der Waals surface area contributed by atoms with E-state index in [0.717, 1.165) is 34.8 Å². The Bertz CT molecular complexity index is 580. The number of nitrogens with zero attached hydrogens (tertiary/aromatic N) is 1. The molecule has 0 fully saturated rings. The summed E-state index contributed by atoms with van der Waals surface area (Å²) in [6.07, 6.45) is 9.06. The molecule has 0 radical (unpaired) electrons. The Morgan fingerprint density at radius 2 is 1.90 bits per heavy atom. The molecule has 1 aliphatic rings. The van der Waals surface area contributed by atoms with Crippen LogP contribution in [0.1, 0.15) is 18.4 Å². The average molecular weight is 269 g/mol. The van der Waals surface area contributed by atoms with Crippen LogP contribution >= 0.6 is 0 Å². The first-order valence-corrected chi connectivity index (χ1v) is 6.46. The molecule has 0 bridgehead atoms. The Labute approximate surface area is 119 Å². The molecule has 1 aliphatic carbocycles. The molecule has 0 atom stereocenters. The number of allylic oxidation sites excluding steroid dienone is 3. The van der Waals surface area contributed by atoms with E-state index in [1.54, 1.807) is 7.11 Å². The molecule has 4 heteroatoms. The highest BCUT2D eigenvalue weighted by atomic mass is 16.5. The molecule has 1 aromatic carbocycles. The van der Waals surface area contributed by atoms with Crippen LogP contribution in [-0.4, -0.2) is 13.3 Å². The largest absolute Gasteiger partial charge is 0.501 e. The highest BCUT2D eigenvalue weighted by Crippen LogP contribution is 2.18. The first-order valence-electron chi connectivity index (χ1n) is 6.46. The average Bonchev–Trinajstić information content (AvgIpc) is 2.42. The summed E-state index contributed by atoms with van der Waals surface area (Å²) in [5, 5.41) is 0. The number of hydrogen-bond acceptors (Lipinski definition) is 4. The van der Waals surface area contributed by atoms with E-state index in [0.29, 0.717) is 6.42 Å². The normalized spacial score (nSPS) is 21.1. The van der Waals surface area contributed by atoms with Gasteiger partial charge < -0.3 is 16.2 Å². The standard InChI is InChI=1S/C16H19N3O/c1-20-16-9-14(18)3-2-4-15(10-16)19-11-12-5-7-13(17)8-6-12/h3-9,11H,2,10,17-18H2,1H3/b14-3?,15-4+,16-9+,19-11+. The number of nitrogen functional groups attached to an aromatic ring is 1. The molecule has 104 valence electrons. The second kappa shape index (κ2) is 6.61. The lowest BCUT2D eigenvalue weighted by atomic mass is 10.1. The van der Waals surface area contributed by atoms with E-state index >= 15 is 0 Å². The van der Waals surface area contributed by atoms with E-state index in [1.165, 1.54) is 0 Å². The smallest absolute Gasteiger partial charge is 0.103 e. The van der Waals surface area contributed by atoms with Crippen molar-refractivity contribution in [3.8, 4) is 0 Å². The van der Waals surface area contributed by atoms with E-state index in [2.05, 4.69) is 4.99 Å². The zero-order valence-corrected chi connectivity index (χ0v) is 11.5. The molecule has 1 aromatic rings. The van der Waals surface area contributed by atoms with Gasteiger partial charge in [-0.25, -0.2) is 0 Å². The topological polar surface area (TPSA) is 73.6 Å². The van der Waals surface area contributed by atoms with Crippen LogP contribution in [0.2, 0.25) is 0 Å². The molecule has 0 spiro atoms. The molecule has 20 heavy (non-hydrogen) atoms. The van der Waals surface area contributed by atoms with Crippen LogP contribution in [0.3, 0.4) is 0 Å². The van der Waals surface area contributed by atoms with Crippen molar-refractivity contribution in [3.63, 3.8) is 0 Å². The minimum absolute atomic E-state index is 0.635. The molecule has 4 N–H and O–H groups in total. The van der Waals surface area contributed by atoms with E-state index in [1.807, 2.05) is 48.7 Å². The maximum absolute atomic E-state index is 5.82. The van der Waals surface area contributed by atoms with Crippen LogP contribution in [0.25, 0.3) is 0 Å². The molecule has 2 rings (SSSR count). The maximum Gasteiger partial charge on any atom is 0.103 e. The van der Waals surface area contributed by atoms with Gasteiger partial charge in [0, 0.05) is 29.7 Å². The van der Waals surface area contributed by atoms with Gasteiger partial charge in [-0.1, -0.05) is 24.3 Å². The Morgan fingerprint density at radius 1 is 1.15 bits per heavy atom. The SMILES string of the molecule is CO/C1=C/C(N)=CC/C=C(/N=C/c2ccc(N)cc2)C1. The van der Waals surface area contributed by atoms with Crippen molar-refractivity contribution < 1.29 is 4.74 Å². The number of hydrogen-bond donors (Lipinski definition) is 2. The van der Waals surface area contributed by atoms with Crippen molar-refractivity contribution in [1.29, 1.82) is 0 Å². The number of methoxy groups -OCH3 is 1. The molecule has 4 nitrogen and oxygen atoms in total. The molecule has 0 saturated heterocycles. The Morgan fingerprint density at radius 3 is 2.60 bits per heavy atom. The highest BCUT2D eigenvalue weighted by molar-refractivity contribution is 5.81. The van der Waals surface area contributed by atoms with Gasteiger partial charge in [0.2, 0.25) is 0 Å². The fourth-order valence-electron chi connectivity index (χ4n) is 1.85. The lowest BCUT2D eigenvalue weighted by Gasteiger charge is -2.09. The van der Waals surface area contributed by atoms with Crippen molar-refractivity contribution in [2.75, 3.05) is 12.8 Å². The maximum atomic E-state index is 5.82. The molecular formula is C16H19N3O. The van der Waals surface area contributed by atoms with Crippen LogP contribution in [0.15, 0.2) is 64.6 Å². The second-order valence-electron chi connectivity index (χ2n) is 4.55. The summed E-state index contributed by atoms with van der Waals surface area (Å²) >= 11 is 0. The number of aliphatic imine (C=N–C) groups is 1. The van der Waals surface area contributed by atoms with Crippen molar-refractivity contribution >= 4 is 11.9 Å². The predicted octanol–water partition coefficient (Wildman–Crippen LogP) is 2.74. The van der Waals surface area contributed by atoms with Gasteiger partial charge in [0.1, 0.15) is 5.76 Å². The van der Waals surface area contributed by atoms with E-state index < -0.39 is 0 Å². The predicted molar refractivity (Wildman–Crippen MR) is 83.1 cm³/mol. The fraction of sp³-hybridized carbons (Fsp3) is 0.188. The summed E-state index contributed by atoms with van der Waals surface area (Å²) in [7, 11) is 1.64. The molecule has 0 amide bonds. The van der Waals surface area contributed by atoms with Gasteiger partial charge in [0.15, 0.2) is 0 Å². The zero-order chi connectivity index (χ0) is 14.4. The van der Waals surface area contributed by atoms with Crippen molar-refractivity contribution in [1.82, 2.24) is 0 Å². The molecule has 0 aliphatic heterocycles. The molecular weight excluding hydrogens is 250 g/mol. The zero-order valence-electron chi connectivity index (χ0n) is 11.5. The van der Waals surface area contributed by atoms with Gasteiger partial charge in [0.25, 0.3) is 0 Å². The number of ether oxygens (including phenoxy) is 1. The monoisotopic (exact) mass is 269 g/mol. The first kappa shape index (κ1) is 13.9. The van der Waals surface area contributed by atoms with E-state index in [4.69, 9.17) is 16.2 Å². The minimum atomic E-state index is 0.635. The number of rotatable bonds is 3. The highest BCUT2D eigenvalue weighted by Gasteiger charge is 2.04. The third kappa shape index (κ3) is 4.02. The van der Waals surface area contributed by atoms with Crippen LogP contribution in [0, 0.1) is 0 Å². The fourth-order valence-corrected chi connectivity index (χ4v) is 1.85. The summed E-state index contributed by atoms with van der Waals surface area (Å²) in [6.45, 7) is 0. The number of benzene rings is 1. The third-order valence-electron chi connectivity index (χ3n) is 2.97. The van der Waals surface area contributed by atoms with Crippen LogP contribution in [0.4, 0.5) is 5.69 Å². The summed E-state index contributed by atoms with van der Waals surface area (Å²) in [5.41, 5.74) is 14.9.